The monoisotopic (exact) mass is 667 g/mol. The number of morpholine rings is 1. The smallest absolute Gasteiger partial charge is 0.417 e. The van der Waals surface area contributed by atoms with Gasteiger partial charge >= 0.3 is 12.2 Å². The van der Waals surface area contributed by atoms with E-state index >= 15 is 4.39 Å². The number of anilines is 2. The first kappa shape index (κ1) is 34.8. The zero-order valence-electron chi connectivity index (χ0n) is 27.1. The number of aliphatic imine (C=N–C) groups is 2. The molecule has 1 aliphatic carbocycles. The van der Waals surface area contributed by atoms with E-state index in [1.165, 1.54) is 0 Å². The summed E-state index contributed by atoms with van der Waals surface area (Å²) in [5, 5.41) is 6.43. The molecule has 1 aromatic heterocycles. The van der Waals surface area contributed by atoms with Crippen LogP contribution in [-0.4, -0.2) is 86.8 Å². The van der Waals surface area contributed by atoms with Gasteiger partial charge in [-0.05, 0) is 71.8 Å². The van der Waals surface area contributed by atoms with Crippen LogP contribution in [0.25, 0.3) is 11.3 Å². The largest absolute Gasteiger partial charge is 0.473 e. The van der Waals surface area contributed by atoms with Crippen molar-refractivity contribution in [1.29, 1.82) is 0 Å². The molecule has 2 fully saturated rings. The van der Waals surface area contributed by atoms with Gasteiger partial charge in [-0.1, -0.05) is 0 Å². The molecule has 47 heavy (non-hydrogen) atoms. The van der Waals surface area contributed by atoms with E-state index in [4.69, 9.17) is 19.9 Å². The highest BCUT2D eigenvalue weighted by atomic mass is 19.4. The molecule has 1 unspecified atom stereocenters. The average molecular weight is 668 g/mol. The van der Waals surface area contributed by atoms with E-state index in [-0.39, 0.29) is 48.3 Å². The fourth-order valence-electron chi connectivity index (χ4n) is 6.00. The van der Waals surface area contributed by atoms with E-state index < -0.39 is 57.7 Å². The number of aromatic nitrogens is 1. The number of nitrogens with two attached hydrogens (primary N) is 1. The van der Waals surface area contributed by atoms with Gasteiger partial charge in [0.2, 0.25) is 5.88 Å². The van der Waals surface area contributed by atoms with Gasteiger partial charge in [-0.25, -0.2) is 18.8 Å². The number of nitrogen functional groups attached to an aromatic ring is 1. The lowest BCUT2D eigenvalue weighted by atomic mass is 9.96. The van der Waals surface area contributed by atoms with E-state index in [0.717, 1.165) is 45.5 Å². The summed E-state index contributed by atoms with van der Waals surface area (Å²) in [6, 6.07) is 0.384. The molecule has 258 valence electrons. The molecule has 5 rings (SSSR count). The van der Waals surface area contributed by atoms with Crippen molar-refractivity contribution in [3.8, 4) is 17.1 Å². The van der Waals surface area contributed by atoms with Gasteiger partial charge < -0.3 is 30.6 Å². The number of amidine groups is 1. The predicted molar refractivity (Wildman–Crippen MR) is 171 cm³/mol. The van der Waals surface area contributed by atoms with E-state index in [2.05, 4.69) is 37.2 Å². The summed E-state index contributed by atoms with van der Waals surface area (Å²) in [5.41, 5.74) is 0.874. The van der Waals surface area contributed by atoms with Crippen LogP contribution in [-0.2, 0) is 15.7 Å². The maximum atomic E-state index is 16.7. The quantitative estimate of drug-likeness (QED) is 0.155. The van der Waals surface area contributed by atoms with Crippen molar-refractivity contribution in [2.24, 2.45) is 15.4 Å². The Labute approximate surface area is 271 Å². The lowest BCUT2D eigenvalue weighted by molar-refractivity contribution is -0.137. The van der Waals surface area contributed by atoms with Crippen LogP contribution in [0.3, 0.4) is 0 Å². The minimum atomic E-state index is -5.06. The van der Waals surface area contributed by atoms with Crippen LogP contribution in [0.5, 0.6) is 5.88 Å². The molecule has 1 aromatic carbocycles. The second-order valence-corrected chi connectivity index (χ2v) is 12.8. The molecular formula is C32H42F5N7O3. The van der Waals surface area contributed by atoms with Crippen LogP contribution in [0.2, 0.25) is 0 Å². The summed E-state index contributed by atoms with van der Waals surface area (Å²) >= 11 is 0. The molecule has 0 amide bonds. The normalized spacial score (nSPS) is 23.7. The molecule has 0 radical (unpaired) electrons. The van der Waals surface area contributed by atoms with Crippen molar-refractivity contribution in [2.75, 3.05) is 57.0 Å². The van der Waals surface area contributed by atoms with E-state index in [1.807, 2.05) is 13.8 Å². The number of benzene rings is 1. The van der Waals surface area contributed by atoms with Gasteiger partial charge in [0.15, 0.2) is 5.82 Å². The van der Waals surface area contributed by atoms with Crippen LogP contribution >= 0.6 is 0 Å². The van der Waals surface area contributed by atoms with Crippen molar-refractivity contribution in [2.45, 2.75) is 71.4 Å². The van der Waals surface area contributed by atoms with Crippen molar-refractivity contribution in [3.63, 3.8) is 0 Å². The number of hydrogen-bond acceptors (Lipinski definition) is 9. The fourth-order valence-corrected chi connectivity index (χ4v) is 6.00. The van der Waals surface area contributed by atoms with Crippen molar-refractivity contribution < 1.29 is 36.2 Å². The standard InChI is InChI=1S/C32H42F5N7O3/c1-17-13-41-28-27(43-30(39-5)46-16-31(7-8-31)15-44-10-11-45-19(3)14-44)25(34)26(42-29(28)47-18(2)6-9-40-17)21-12-22(38)24(33)20(4)23(21)32(35,36)37/h12,17-19,40-41H,5-11,13-16,38H2,1-4H3/b43-30+/t17?,18-,19+/m0/s1. The second-order valence-electron chi connectivity index (χ2n) is 12.8. The van der Waals surface area contributed by atoms with Crippen LogP contribution in [0.15, 0.2) is 16.1 Å². The number of fused-ring (bicyclic) bond motifs is 1. The number of nitrogens with zero attached hydrogens (tertiary/aromatic N) is 4. The van der Waals surface area contributed by atoms with E-state index in [0.29, 0.717) is 19.6 Å². The Kier molecular flexibility index (Phi) is 10.3. The van der Waals surface area contributed by atoms with Crippen molar-refractivity contribution >= 4 is 29.8 Å². The lowest BCUT2D eigenvalue weighted by Crippen LogP contribution is -2.44. The number of alkyl halides is 3. The molecule has 2 aliphatic heterocycles. The summed E-state index contributed by atoms with van der Waals surface area (Å²) in [7, 11) is 0. The molecule has 10 nitrogen and oxygen atoms in total. The number of rotatable bonds is 6. The number of pyridine rings is 1. The minimum Gasteiger partial charge on any atom is -0.473 e. The lowest BCUT2D eigenvalue weighted by Gasteiger charge is -2.33. The molecule has 4 N–H and O–H groups in total. The average Bonchev–Trinajstić information content (AvgIpc) is 3.76. The summed E-state index contributed by atoms with van der Waals surface area (Å²) in [6.45, 7) is 14.3. The zero-order valence-corrected chi connectivity index (χ0v) is 27.1. The molecule has 15 heteroatoms. The molecular weight excluding hydrogens is 625 g/mol. The summed E-state index contributed by atoms with van der Waals surface area (Å²) < 4.78 is 92.2. The summed E-state index contributed by atoms with van der Waals surface area (Å²) in [4.78, 5) is 14.8. The Morgan fingerprint density at radius 2 is 1.96 bits per heavy atom. The second kappa shape index (κ2) is 13.9. The van der Waals surface area contributed by atoms with Gasteiger partial charge in [0.1, 0.15) is 22.9 Å². The highest BCUT2D eigenvalue weighted by molar-refractivity contribution is 5.87. The Morgan fingerprint density at radius 3 is 2.62 bits per heavy atom. The van der Waals surface area contributed by atoms with Gasteiger partial charge in [0.25, 0.3) is 0 Å². The molecule has 0 spiro atoms. The third kappa shape index (κ3) is 7.95. The zero-order chi connectivity index (χ0) is 34.1. The minimum absolute atomic E-state index is 0.00204. The van der Waals surface area contributed by atoms with E-state index in [1.54, 1.807) is 6.92 Å². The van der Waals surface area contributed by atoms with Gasteiger partial charge in [-0.3, -0.25) is 4.90 Å². The molecule has 2 aromatic rings. The van der Waals surface area contributed by atoms with Crippen LogP contribution in [0.4, 0.5) is 39.0 Å². The van der Waals surface area contributed by atoms with Gasteiger partial charge in [-0.2, -0.15) is 18.2 Å². The van der Waals surface area contributed by atoms with E-state index in [9.17, 15) is 17.6 Å². The molecule has 3 aliphatic rings. The third-order valence-electron chi connectivity index (χ3n) is 8.78. The van der Waals surface area contributed by atoms with Gasteiger partial charge in [0, 0.05) is 43.2 Å². The Hall–Kier alpha value is -3.56. The maximum Gasteiger partial charge on any atom is 0.417 e. The highest BCUT2D eigenvalue weighted by Crippen LogP contribution is 2.48. The fraction of sp³-hybridized carbons (Fsp3) is 0.594. The molecule has 3 atom stereocenters. The maximum absolute atomic E-state index is 16.7. The number of nitrogens with one attached hydrogen (secondary N) is 2. The predicted octanol–water partition coefficient (Wildman–Crippen LogP) is 5.70. The van der Waals surface area contributed by atoms with Gasteiger partial charge in [-0.15, -0.1) is 0 Å². The SMILES string of the molecule is C=N/C(=N\c1c(F)c(-c2cc(N)c(F)c(C)c2C(F)(F)F)nc2c1NCC(C)NCC[C@H](C)O2)OCC1(CN2CCO[C@H](C)C2)CC1. The van der Waals surface area contributed by atoms with Crippen LogP contribution < -0.4 is 21.1 Å². The topological polar surface area (TPSA) is 119 Å². The Bertz CT molecular complexity index is 1520. The first-order valence-corrected chi connectivity index (χ1v) is 15.8. The van der Waals surface area contributed by atoms with Crippen LogP contribution in [0.1, 0.15) is 51.2 Å². The van der Waals surface area contributed by atoms with Gasteiger partial charge in [0.05, 0.1) is 36.7 Å². The highest BCUT2D eigenvalue weighted by Gasteiger charge is 2.45. The van der Waals surface area contributed by atoms with Crippen molar-refractivity contribution in [1.82, 2.24) is 15.2 Å². The number of ether oxygens (including phenoxy) is 3. The molecule has 1 saturated carbocycles. The van der Waals surface area contributed by atoms with Crippen molar-refractivity contribution in [3.05, 3.63) is 28.8 Å². The van der Waals surface area contributed by atoms with Crippen LogP contribution in [0, 0.1) is 24.0 Å². The molecule has 1 saturated heterocycles. The number of hydrogen-bond donors (Lipinski definition) is 3. The summed E-state index contributed by atoms with van der Waals surface area (Å²) in [6.07, 6.45) is -3.06. The Balaban J connectivity index is 1.60. The summed E-state index contributed by atoms with van der Waals surface area (Å²) in [5.74, 6) is -2.66. The first-order valence-electron chi connectivity index (χ1n) is 15.8. The molecule has 0 bridgehead atoms. The first-order chi connectivity index (χ1) is 22.2. The molecule has 3 heterocycles. The Morgan fingerprint density at radius 1 is 1.21 bits per heavy atom. The number of halogens is 5. The third-order valence-corrected chi connectivity index (χ3v) is 8.78.